The maximum absolute atomic E-state index is 14.2. The number of rotatable bonds is 3. The minimum absolute atomic E-state index is 0. The summed E-state index contributed by atoms with van der Waals surface area (Å²) in [6.45, 7) is 5.11. The molecular formula is C19H24ClFN4O2. The number of ether oxygens (including phenoxy) is 2. The van der Waals surface area contributed by atoms with Gasteiger partial charge in [-0.05, 0) is 30.9 Å². The van der Waals surface area contributed by atoms with E-state index >= 15 is 0 Å². The van der Waals surface area contributed by atoms with Gasteiger partial charge >= 0.3 is 0 Å². The van der Waals surface area contributed by atoms with Crippen molar-refractivity contribution in [1.29, 1.82) is 0 Å². The second-order valence-corrected chi connectivity index (χ2v) is 7.50. The molecule has 146 valence electrons. The Bertz CT molecular complexity index is 796. The minimum Gasteiger partial charge on any atom is -0.381 e. The van der Waals surface area contributed by atoms with Crippen LogP contribution in [0.4, 0.5) is 4.39 Å². The molecule has 3 aliphatic heterocycles. The number of halogens is 2. The van der Waals surface area contributed by atoms with Crippen LogP contribution >= 0.6 is 12.4 Å². The summed E-state index contributed by atoms with van der Waals surface area (Å²) in [5, 5.41) is 8.66. The molecule has 6 nitrogen and oxygen atoms in total. The van der Waals surface area contributed by atoms with Crippen LogP contribution in [0.1, 0.15) is 24.6 Å². The van der Waals surface area contributed by atoms with Crippen molar-refractivity contribution in [1.82, 2.24) is 19.9 Å². The average molecular weight is 395 g/mol. The van der Waals surface area contributed by atoms with Gasteiger partial charge in [-0.2, -0.15) is 0 Å². The molecule has 0 spiro atoms. The van der Waals surface area contributed by atoms with E-state index in [-0.39, 0.29) is 30.4 Å². The third kappa shape index (κ3) is 3.49. The Balaban J connectivity index is 0.00000180. The van der Waals surface area contributed by atoms with E-state index < -0.39 is 0 Å². The molecule has 0 N–H and O–H groups in total. The Labute approximate surface area is 164 Å². The molecule has 4 heterocycles. The second-order valence-electron chi connectivity index (χ2n) is 7.50. The molecule has 0 unspecified atom stereocenters. The predicted molar refractivity (Wildman–Crippen MR) is 100 cm³/mol. The lowest BCUT2D eigenvalue weighted by molar-refractivity contribution is -0.00572. The molecule has 5 rings (SSSR count). The van der Waals surface area contributed by atoms with Crippen LogP contribution < -0.4 is 0 Å². The molecule has 3 aliphatic rings. The van der Waals surface area contributed by atoms with Crippen molar-refractivity contribution in [2.75, 3.05) is 32.8 Å². The van der Waals surface area contributed by atoms with E-state index in [0.717, 1.165) is 51.4 Å². The van der Waals surface area contributed by atoms with Crippen LogP contribution in [-0.2, 0) is 16.1 Å². The monoisotopic (exact) mass is 394 g/mol. The third-order valence-electron chi connectivity index (χ3n) is 5.84. The fourth-order valence-corrected chi connectivity index (χ4v) is 4.44. The Kier molecular flexibility index (Phi) is 5.45. The lowest BCUT2D eigenvalue weighted by Crippen LogP contribution is -2.32. The molecule has 2 atom stereocenters. The normalized spacial score (nSPS) is 25.7. The minimum atomic E-state index is -0.273. The summed E-state index contributed by atoms with van der Waals surface area (Å²) in [6, 6.07) is 6.87. The first-order valence-corrected chi connectivity index (χ1v) is 9.40. The van der Waals surface area contributed by atoms with Gasteiger partial charge in [0.2, 0.25) is 0 Å². The van der Waals surface area contributed by atoms with E-state index in [9.17, 15) is 4.39 Å². The molecule has 2 fully saturated rings. The molecule has 0 aliphatic carbocycles. The fraction of sp³-hybridized carbons (Fsp3) is 0.579. The highest BCUT2D eigenvalue weighted by atomic mass is 35.5. The molecule has 8 heteroatoms. The smallest absolute Gasteiger partial charge is 0.132 e. The van der Waals surface area contributed by atoms with Crippen LogP contribution in [0.15, 0.2) is 24.3 Å². The summed E-state index contributed by atoms with van der Waals surface area (Å²) < 4.78 is 27.7. The highest BCUT2D eigenvalue weighted by Gasteiger charge is 2.41. The van der Waals surface area contributed by atoms with Gasteiger partial charge in [0.1, 0.15) is 11.5 Å². The van der Waals surface area contributed by atoms with Gasteiger partial charge in [-0.25, -0.2) is 9.07 Å². The number of benzene rings is 1. The zero-order chi connectivity index (χ0) is 17.5. The van der Waals surface area contributed by atoms with Crippen molar-refractivity contribution in [2.24, 2.45) is 5.92 Å². The Morgan fingerprint density at radius 2 is 1.96 bits per heavy atom. The van der Waals surface area contributed by atoms with Crippen molar-refractivity contribution in [3.63, 3.8) is 0 Å². The van der Waals surface area contributed by atoms with Gasteiger partial charge in [-0.1, -0.05) is 17.3 Å². The van der Waals surface area contributed by atoms with Gasteiger partial charge < -0.3 is 9.47 Å². The van der Waals surface area contributed by atoms with Gasteiger partial charge in [0.05, 0.1) is 24.4 Å². The zero-order valence-corrected chi connectivity index (χ0v) is 15.9. The Hall–Kier alpha value is -1.54. The SMILES string of the molecule is Cl.Fc1ccccc1-c1nnn2c1CO[C@@H]1CN(CC3CCOCC3)C[C@H]12. The first-order valence-electron chi connectivity index (χ1n) is 9.40. The van der Waals surface area contributed by atoms with Crippen LogP contribution in [0.2, 0.25) is 0 Å². The lowest BCUT2D eigenvalue weighted by Gasteiger charge is -2.26. The van der Waals surface area contributed by atoms with Crippen molar-refractivity contribution in [3.05, 3.63) is 35.8 Å². The lowest BCUT2D eigenvalue weighted by atomic mass is 10.00. The van der Waals surface area contributed by atoms with Gasteiger partial charge in [-0.15, -0.1) is 17.5 Å². The van der Waals surface area contributed by atoms with Crippen molar-refractivity contribution in [2.45, 2.75) is 31.6 Å². The van der Waals surface area contributed by atoms with Gasteiger partial charge in [0.25, 0.3) is 0 Å². The first-order chi connectivity index (χ1) is 12.8. The van der Waals surface area contributed by atoms with E-state index in [1.165, 1.54) is 6.07 Å². The quantitative estimate of drug-likeness (QED) is 0.801. The molecule has 2 aromatic rings. The number of nitrogens with zero attached hydrogens (tertiary/aromatic N) is 4. The van der Waals surface area contributed by atoms with E-state index in [1.54, 1.807) is 12.1 Å². The Morgan fingerprint density at radius 3 is 2.78 bits per heavy atom. The standard InChI is InChI=1S/C19H23FN4O2.ClH/c20-15-4-2-1-3-14(15)19-17-12-26-18-11-23(9-13-5-7-25-8-6-13)10-16(18)24(17)22-21-19;/h1-4,13,16,18H,5-12H2;1H/t16-,18-;/m1./s1. The van der Waals surface area contributed by atoms with Crippen LogP contribution in [-0.4, -0.2) is 58.8 Å². The summed E-state index contributed by atoms with van der Waals surface area (Å²) in [6.07, 6.45) is 2.41. The molecular weight excluding hydrogens is 371 g/mol. The van der Waals surface area contributed by atoms with E-state index in [2.05, 4.69) is 15.2 Å². The van der Waals surface area contributed by atoms with Crippen molar-refractivity contribution < 1.29 is 13.9 Å². The number of hydrogen-bond donors (Lipinski definition) is 0. The Morgan fingerprint density at radius 1 is 1.15 bits per heavy atom. The number of aromatic nitrogens is 3. The maximum Gasteiger partial charge on any atom is 0.132 e. The topological polar surface area (TPSA) is 52.4 Å². The van der Waals surface area contributed by atoms with Gasteiger partial charge in [-0.3, -0.25) is 4.90 Å². The summed E-state index contributed by atoms with van der Waals surface area (Å²) in [7, 11) is 0. The van der Waals surface area contributed by atoms with Crippen LogP contribution in [0.3, 0.4) is 0 Å². The van der Waals surface area contributed by atoms with Crippen LogP contribution in [0, 0.1) is 11.7 Å². The maximum atomic E-state index is 14.2. The van der Waals surface area contributed by atoms with Crippen LogP contribution in [0.25, 0.3) is 11.3 Å². The first kappa shape index (κ1) is 18.8. The predicted octanol–water partition coefficient (Wildman–Crippen LogP) is 2.69. The molecule has 1 aromatic heterocycles. The number of likely N-dealkylation sites (tertiary alicyclic amines) is 1. The fourth-order valence-electron chi connectivity index (χ4n) is 4.44. The summed E-state index contributed by atoms with van der Waals surface area (Å²) in [4.78, 5) is 2.48. The van der Waals surface area contributed by atoms with Crippen LogP contribution in [0.5, 0.6) is 0 Å². The van der Waals surface area contributed by atoms with E-state index in [1.807, 2.05) is 10.7 Å². The van der Waals surface area contributed by atoms with Crippen molar-refractivity contribution >= 4 is 12.4 Å². The summed E-state index contributed by atoms with van der Waals surface area (Å²) in [5.74, 6) is 0.429. The molecule has 0 bridgehead atoms. The van der Waals surface area contributed by atoms with Gasteiger partial charge in [0.15, 0.2) is 0 Å². The van der Waals surface area contributed by atoms with E-state index in [4.69, 9.17) is 9.47 Å². The highest BCUT2D eigenvalue weighted by molar-refractivity contribution is 5.85. The molecule has 0 amide bonds. The summed E-state index contributed by atoms with van der Waals surface area (Å²) >= 11 is 0. The number of hydrogen-bond acceptors (Lipinski definition) is 5. The average Bonchev–Trinajstić information content (AvgIpc) is 3.26. The highest BCUT2D eigenvalue weighted by Crippen LogP contribution is 2.35. The molecule has 27 heavy (non-hydrogen) atoms. The molecule has 0 saturated carbocycles. The number of fused-ring (bicyclic) bond motifs is 3. The second kappa shape index (κ2) is 7.83. The molecule has 1 aromatic carbocycles. The molecule has 0 radical (unpaired) electrons. The third-order valence-corrected chi connectivity index (χ3v) is 5.84. The zero-order valence-electron chi connectivity index (χ0n) is 15.1. The summed E-state index contributed by atoms with van der Waals surface area (Å²) in [5.41, 5.74) is 1.97. The molecule has 2 saturated heterocycles. The van der Waals surface area contributed by atoms with E-state index in [0.29, 0.717) is 23.8 Å². The van der Waals surface area contributed by atoms with Gasteiger partial charge in [0, 0.05) is 38.4 Å². The van der Waals surface area contributed by atoms with Crippen molar-refractivity contribution in [3.8, 4) is 11.3 Å². The largest absolute Gasteiger partial charge is 0.381 e.